The van der Waals surface area contributed by atoms with E-state index in [9.17, 15) is 9.18 Å². The van der Waals surface area contributed by atoms with Gasteiger partial charge in [-0.15, -0.1) is 11.3 Å². The highest BCUT2D eigenvalue weighted by Crippen LogP contribution is 2.19. The van der Waals surface area contributed by atoms with Crippen LogP contribution in [-0.2, 0) is 4.79 Å². The number of nitrogens with one attached hydrogen (secondary N) is 1. The molecule has 0 bridgehead atoms. The topological polar surface area (TPSA) is 49.3 Å². The molecule has 0 aliphatic heterocycles. The molecule has 0 saturated carbocycles. The molecular weight excluding hydrogens is 253 g/mol. The van der Waals surface area contributed by atoms with Crippen molar-refractivity contribution in [3.63, 3.8) is 0 Å². The van der Waals surface area contributed by atoms with Crippen molar-refractivity contribution in [3.8, 4) is 5.75 Å². The highest BCUT2D eigenvalue weighted by atomic mass is 32.1. The lowest BCUT2D eigenvalue weighted by atomic mass is 10.3. The van der Waals surface area contributed by atoms with E-state index in [0.29, 0.717) is 0 Å². The SMILES string of the molecule is O=C(C=Cc1cccs1)Nc1ccc(O)cc1F. The average molecular weight is 263 g/mol. The maximum Gasteiger partial charge on any atom is 0.248 e. The van der Waals surface area contributed by atoms with E-state index in [-0.39, 0.29) is 11.4 Å². The Kier molecular flexibility index (Phi) is 3.74. The van der Waals surface area contributed by atoms with E-state index < -0.39 is 11.7 Å². The van der Waals surface area contributed by atoms with Crippen molar-refractivity contribution in [2.75, 3.05) is 5.32 Å². The maximum atomic E-state index is 13.3. The molecule has 0 saturated heterocycles. The van der Waals surface area contributed by atoms with Crippen LogP contribution in [0, 0.1) is 5.82 Å². The van der Waals surface area contributed by atoms with E-state index in [1.807, 2.05) is 17.5 Å². The predicted molar refractivity (Wildman–Crippen MR) is 70.0 cm³/mol. The summed E-state index contributed by atoms with van der Waals surface area (Å²) in [4.78, 5) is 12.5. The Hall–Kier alpha value is -2.14. The number of carbonyl (C=O) groups excluding carboxylic acids is 1. The number of benzene rings is 1. The monoisotopic (exact) mass is 263 g/mol. The van der Waals surface area contributed by atoms with Gasteiger partial charge in [0.25, 0.3) is 0 Å². The van der Waals surface area contributed by atoms with Crippen molar-refractivity contribution in [1.29, 1.82) is 0 Å². The summed E-state index contributed by atoms with van der Waals surface area (Å²) in [6, 6.07) is 7.30. The molecular formula is C13H10FNO2S. The first-order chi connectivity index (χ1) is 8.65. The summed E-state index contributed by atoms with van der Waals surface area (Å²) < 4.78 is 13.3. The van der Waals surface area contributed by atoms with Crippen molar-refractivity contribution in [3.05, 3.63) is 52.5 Å². The summed E-state index contributed by atoms with van der Waals surface area (Å²) in [5, 5.41) is 13.3. The van der Waals surface area contributed by atoms with Gasteiger partial charge in [-0.3, -0.25) is 4.79 Å². The normalized spacial score (nSPS) is 10.7. The quantitative estimate of drug-likeness (QED) is 0.659. The van der Waals surface area contributed by atoms with Gasteiger partial charge in [-0.25, -0.2) is 4.39 Å². The molecule has 0 spiro atoms. The number of carbonyl (C=O) groups is 1. The van der Waals surface area contributed by atoms with Crippen LogP contribution in [-0.4, -0.2) is 11.0 Å². The number of amides is 1. The molecule has 3 nitrogen and oxygen atoms in total. The molecule has 0 radical (unpaired) electrons. The summed E-state index contributed by atoms with van der Waals surface area (Å²) in [6.45, 7) is 0. The van der Waals surface area contributed by atoms with Gasteiger partial charge >= 0.3 is 0 Å². The lowest BCUT2D eigenvalue weighted by Crippen LogP contribution is -2.08. The molecule has 1 heterocycles. The molecule has 0 unspecified atom stereocenters. The number of phenolic OH excluding ortho intramolecular Hbond substituents is 1. The third kappa shape index (κ3) is 3.18. The molecule has 0 fully saturated rings. The molecule has 5 heteroatoms. The number of hydrogen-bond donors (Lipinski definition) is 2. The molecule has 2 rings (SSSR count). The van der Waals surface area contributed by atoms with Crippen molar-refractivity contribution in [2.24, 2.45) is 0 Å². The third-order valence-corrected chi connectivity index (χ3v) is 2.99. The second kappa shape index (κ2) is 5.46. The molecule has 1 amide bonds. The Morgan fingerprint density at radius 3 is 2.89 bits per heavy atom. The number of hydrogen-bond acceptors (Lipinski definition) is 3. The van der Waals surface area contributed by atoms with Crippen LogP contribution in [0.5, 0.6) is 5.75 Å². The van der Waals surface area contributed by atoms with E-state index in [2.05, 4.69) is 5.32 Å². The van der Waals surface area contributed by atoms with Gasteiger partial charge in [-0.1, -0.05) is 6.07 Å². The summed E-state index contributed by atoms with van der Waals surface area (Å²) in [5.74, 6) is -1.28. The minimum atomic E-state index is -0.673. The molecule has 18 heavy (non-hydrogen) atoms. The number of rotatable bonds is 3. The first kappa shape index (κ1) is 12.3. The van der Waals surface area contributed by atoms with Crippen LogP contribution in [0.25, 0.3) is 6.08 Å². The van der Waals surface area contributed by atoms with Crippen LogP contribution in [0.1, 0.15) is 4.88 Å². The fourth-order valence-electron chi connectivity index (χ4n) is 1.32. The van der Waals surface area contributed by atoms with E-state index in [4.69, 9.17) is 5.11 Å². The van der Waals surface area contributed by atoms with Crippen LogP contribution in [0.3, 0.4) is 0 Å². The van der Waals surface area contributed by atoms with Gasteiger partial charge in [-0.2, -0.15) is 0 Å². The fourth-order valence-corrected chi connectivity index (χ4v) is 1.94. The van der Waals surface area contributed by atoms with Gasteiger partial charge < -0.3 is 10.4 Å². The summed E-state index contributed by atoms with van der Waals surface area (Å²) >= 11 is 1.50. The van der Waals surface area contributed by atoms with Crippen LogP contribution < -0.4 is 5.32 Å². The Morgan fingerprint density at radius 1 is 1.39 bits per heavy atom. The number of phenols is 1. The van der Waals surface area contributed by atoms with Crippen molar-refractivity contribution < 1.29 is 14.3 Å². The minimum absolute atomic E-state index is 0.0358. The van der Waals surface area contributed by atoms with Crippen LogP contribution >= 0.6 is 11.3 Å². The Bertz CT molecular complexity index is 579. The predicted octanol–water partition coefficient (Wildman–Crippen LogP) is 3.24. The molecule has 2 aromatic rings. The lowest BCUT2D eigenvalue weighted by Gasteiger charge is -2.03. The van der Waals surface area contributed by atoms with E-state index in [1.54, 1.807) is 6.08 Å². The fraction of sp³-hybridized carbons (Fsp3) is 0. The number of anilines is 1. The van der Waals surface area contributed by atoms with Crippen molar-refractivity contribution in [2.45, 2.75) is 0 Å². The standard InChI is InChI=1S/C13H10FNO2S/c14-11-8-9(16)3-5-12(11)15-13(17)6-4-10-2-1-7-18-10/h1-8,16H,(H,15,17). The first-order valence-corrected chi connectivity index (χ1v) is 6.04. The minimum Gasteiger partial charge on any atom is -0.508 e. The summed E-state index contributed by atoms with van der Waals surface area (Å²) in [6.07, 6.45) is 2.98. The van der Waals surface area contributed by atoms with E-state index in [1.165, 1.54) is 29.5 Å². The van der Waals surface area contributed by atoms with Crippen LogP contribution in [0.15, 0.2) is 41.8 Å². The van der Waals surface area contributed by atoms with Gasteiger partial charge in [0, 0.05) is 17.0 Å². The Balaban J connectivity index is 2.03. The highest BCUT2D eigenvalue weighted by Gasteiger charge is 2.05. The smallest absolute Gasteiger partial charge is 0.248 e. The molecule has 1 aromatic heterocycles. The van der Waals surface area contributed by atoms with Crippen LogP contribution in [0.2, 0.25) is 0 Å². The molecule has 0 atom stereocenters. The van der Waals surface area contributed by atoms with Gasteiger partial charge in [0.2, 0.25) is 5.91 Å². The second-order valence-corrected chi connectivity index (χ2v) is 4.48. The van der Waals surface area contributed by atoms with E-state index >= 15 is 0 Å². The van der Waals surface area contributed by atoms with Gasteiger partial charge in [0.1, 0.15) is 11.6 Å². The van der Waals surface area contributed by atoms with Gasteiger partial charge in [0.05, 0.1) is 5.69 Å². The Morgan fingerprint density at radius 2 is 2.22 bits per heavy atom. The van der Waals surface area contributed by atoms with Crippen LogP contribution in [0.4, 0.5) is 10.1 Å². The summed E-state index contributed by atoms with van der Waals surface area (Å²) in [7, 11) is 0. The van der Waals surface area contributed by atoms with Gasteiger partial charge in [0.15, 0.2) is 0 Å². The van der Waals surface area contributed by atoms with Gasteiger partial charge in [-0.05, 0) is 29.7 Å². The number of aromatic hydroxyl groups is 1. The molecule has 0 aliphatic carbocycles. The van der Waals surface area contributed by atoms with Crippen molar-refractivity contribution >= 4 is 29.0 Å². The lowest BCUT2D eigenvalue weighted by molar-refractivity contribution is -0.111. The second-order valence-electron chi connectivity index (χ2n) is 3.50. The zero-order valence-corrected chi connectivity index (χ0v) is 10.1. The number of thiophene rings is 1. The van der Waals surface area contributed by atoms with E-state index in [0.717, 1.165) is 10.9 Å². The average Bonchev–Trinajstić information content (AvgIpc) is 2.83. The van der Waals surface area contributed by atoms with Crippen molar-refractivity contribution in [1.82, 2.24) is 0 Å². The first-order valence-electron chi connectivity index (χ1n) is 5.16. The highest BCUT2D eigenvalue weighted by molar-refractivity contribution is 7.10. The maximum absolute atomic E-state index is 13.3. The zero-order chi connectivity index (χ0) is 13.0. The Labute approximate surface area is 107 Å². The number of halogens is 1. The molecule has 2 N–H and O–H groups in total. The summed E-state index contributed by atoms with van der Waals surface area (Å²) in [5.41, 5.74) is 0.0358. The molecule has 1 aromatic carbocycles. The molecule has 92 valence electrons. The zero-order valence-electron chi connectivity index (χ0n) is 9.26. The largest absolute Gasteiger partial charge is 0.508 e. The molecule has 0 aliphatic rings. The third-order valence-electron chi connectivity index (χ3n) is 2.15.